The molecule has 9 heteroatoms. The van der Waals surface area contributed by atoms with Gasteiger partial charge < -0.3 is 10.2 Å². The molecule has 1 aromatic rings. The highest BCUT2D eigenvalue weighted by molar-refractivity contribution is 7.89. The maximum absolute atomic E-state index is 12.8. The number of hydrogen-bond donors (Lipinski definition) is 1. The van der Waals surface area contributed by atoms with Crippen LogP contribution < -0.4 is 5.32 Å². The molecular weight excluding hydrogens is 412 g/mol. The van der Waals surface area contributed by atoms with Crippen molar-refractivity contribution in [1.82, 2.24) is 19.4 Å². The topological polar surface area (TPSA) is 73.0 Å². The summed E-state index contributed by atoms with van der Waals surface area (Å²) in [5.41, 5.74) is 0. The SMILES string of the molecule is CC(C)NC1CCN(CC(=O)N2CCN(S(=O)(=O)c3ccccc3Cl)CC2)CC1. The molecular formula is C20H31ClN4O3S. The first kappa shape index (κ1) is 22.5. The van der Waals surface area contributed by atoms with Crippen LogP contribution in [0.25, 0.3) is 0 Å². The second-order valence-electron chi connectivity index (χ2n) is 8.09. The van der Waals surface area contributed by atoms with E-state index in [1.807, 2.05) is 0 Å². The number of rotatable bonds is 6. The Morgan fingerprint density at radius 1 is 1.10 bits per heavy atom. The van der Waals surface area contributed by atoms with Crippen LogP contribution in [0.4, 0.5) is 0 Å². The number of piperidine rings is 1. The fourth-order valence-corrected chi connectivity index (χ4v) is 5.91. The summed E-state index contributed by atoms with van der Waals surface area (Å²) in [6.45, 7) is 7.95. The first-order valence-electron chi connectivity index (χ1n) is 10.3. The summed E-state index contributed by atoms with van der Waals surface area (Å²) in [5, 5.41) is 3.78. The van der Waals surface area contributed by atoms with E-state index < -0.39 is 10.0 Å². The van der Waals surface area contributed by atoms with Gasteiger partial charge in [0.15, 0.2) is 0 Å². The van der Waals surface area contributed by atoms with Crippen molar-refractivity contribution >= 4 is 27.5 Å². The van der Waals surface area contributed by atoms with Gasteiger partial charge in [0.25, 0.3) is 0 Å². The second-order valence-corrected chi connectivity index (χ2v) is 10.4. The molecule has 0 aliphatic carbocycles. The van der Waals surface area contributed by atoms with Crippen molar-refractivity contribution in [2.45, 2.75) is 43.7 Å². The number of amides is 1. The van der Waals surface area contributed by atoms with E-state index in [0.29, 0.717) is 44.8 Å². The van der Waals surface area contributed by atoms with Crippen molar-refractivity contribution < 1.29 is 13.2 Å². The van der Waals surface area contributed by atoms with E-state index in [0.717, 1.165) is 25.9 Å². The van der Waals surface area contributed by atoms with Crippen LogP contribution in [0.5, 0.6) is 0 Å². The largest absolute Gasteiger partial charge is 0.339 e. The van der Waals surface area contributed by atoms with Gasteiger partial charge in [-0.05, 0) is 25.0 Å². The highest BCUT2D eigenvalue weighted by atomic mass is 35.5. The third kappa shape index (κ3) is 5.70. The Morgan fingerprint density at radius 2 is 1.72 bits per heavy atom. The molecule has 1 amide bonds. The average molecular weight is 443 g/mol. The Hall–Kier alpha value is -1.19. The first-order valence-corrected chi connectivity index (χ1v) is 12.1. The zero-order valence-electron chi connectivity index (χ0n) is 17.2. The van der Waals surface area contributed by atoms with Crippen LogP contribution in [0, 0.1) is 0 Å². The van der Waals surface area contributed by atoms with Gasteiger partial charge >= 0.3 is 0 Å². The summed E-state index contributed by atoms with van der Waals surface area (Å²) < 4.78 is 27.1. The molecule has 0 unspecified atom stereocenters. The lowest BCUT2D eigenvalue weighted by Gasteiger charge is -2.37. The number of hydrogen-bond acceptors (Lipinski definition) is 5. The van der Waals surface area contributed by atoms with Crippen LogP contribution in [0.15, 0.2) is 29.2 Å². The summed E-state index contributed by atoms with van der Waals surface area (Å²) in [7, 11) is -3.64. The van der Waals surface area contributed by atoms with Crippen molar-refractivity contribution in [3.05, 3.63) is 29.3 Å². The van der Waals surface area contributed by atoms with Crippen LogP contribution in [-0.4, -0.2) is 86.3 Å². The Bertz CT molecular complexity index is 802. The average Bonchev–Trinajstić information content (AvgIpc) is 2.69. The number of piperazine rings is 1. The summed E-state index contributed by atoms with van der Waals surface area (Å²) in [4.78, 5) is 16.8. The summed E-state index contributed by atoms with van der Waals surface area (Å²) in [5.74, 6) is 0.0788. The number of halogens is 1. The van der Waals surface area contributed by atoms with Gasteiger partial charge in [-0.25, -0.2) is 8.42 Å². The second kappa shape index (κ2) is 9.75. The Kier molecular flexibility index (Phi) is 7.56. The number of nitrogens with zero attached hydrogens (tertiary/aromatic N) is 3. The lowest BCUT2D eigenvalue weighted by Crippen LogP contribution is -2.53. The first-order chi connectivity index (χ1) is 13.8. The van der Waals surface area contributed by atoms with E-state index in [1.165, 1.54) is 10.4 Å². The number of carbonyl (C=O) groups excluding carboxylic acids is 1. The molecule has 1 aromatic carbocycles. The zero-order valence-corrected chi connectivity index (χ0v) is 18.8. The molecule has 0 saturated carbocycles. The number of benzene rings is 1. The van der Waals surface area contributed by atoms with E-state index in [1.54, 1.807) is 23.1 Å². The van der Waals surface area contributed by atoms with E-state index in [9.17, 15) is 13.2 Å². The van der Waals surface area contributed by atoms with Gasteiger partial charge in [0.2, 0.25) is 15.9 Å². The van der Waals surface area contributed by atoms with Crippen molar-refractivity contribution in [1.29, 1.82) is 0 Å². The standard InChI is InChI=1S/C20H31ClN4O3S/c1-16(2)22-17-7-9-23(10-8-17)15-20(26)24-11-13-25(14-12-24)29(27,28)19-6-4-3-5-18(19)21/h3-6,16-17,22H,7-15H2,1-2H3. The predicted octanol–water partition coefficient (Wildman–Crippen LogP) is 1.64. The molecule has 2 heterocycles. The molecule has 7 nitrogen and oxygen atoms in total. The van der Waals surface area contributed by atoms with Gasteiger partial charge in [-0.15, -0.1) is 0 Å². The summed E-state index contributed by atoms with van der Waals surface area (Å²) in [6, 6.07) is 7.48. The number of sulfonamides is 1. The number of carbonyl (C=O) groups is 1. The molecule has 1 N–H and O–H groups in total. The van der Waals surface area contributed by atoms with Crippen LogP contribution in [0.2, 0.25) is 5.02 Å². The van der Waals surface area contributed by atoms with Gasteiger partial charge in [-0.3, -0.25) is 9.69 Å². The predicted molar refractivity (Wildman–Crippen MR) is 115 cm³/mol. The van der Waals surface area contributed by atoms with E-state index in [-0.39, 0.29) is 15.8 Å². The fraction of sp³-hybridized carbons (Fsp3) is 0.650. The molecule has 0 atom stereocenters. The van der Waals surface area contributed by atoms with Crippen molar-refractivity contribution in [3.63, 3.8) is 0 Å². The normalized spacial score (nSPS) is 20.3. The Labute approximate surface area is 179 Å². The smallest absolute Gasteiger partial charge is 0.244 e. The summed E-state index contributed by atoms with van der Waals surface area (Å²) >= 11 is 6.07. The Balaban J connectivity index is 1.48. The molecule has 162 valence electrons. The van der Waals surface area contributed by atoms with Gasteiger partial charge in [0, 0.05) is 51.4 Å². The number of nitrogens with one attached hydrogen (secondary N) is 1. The molecule has 3 rings (SSSR count). The van der Waals surface area contributed by atoms with E-state index in [2.05, 4.69) is 24.1 Å². The van der Waals surface area contributed by atoms with Crippen molar-refractivity contribution in [3.8, 4) is 0 Å². The Morgan fingerprint density at radius 3 is 2.31 bits per heavy atom. The zero-order chi connectivity index (χ0) is 21.0. The molecule has 2 fully saturated rings. The van der Waals surface area contributed by atoms with Crippen LogP contribution >= 0.6 is 11.6 Å². The fourth-order valence-electron chi connectivity index (χ4n) is 3.99. The lowest BCUT2D eigenvalue weighted by atomic mass is 10.0. The van der Waals surface area contributed by atoms with Gasteiger partial charge in [-0.1, -0.05) is 37.6 Å². The van der Waals surface area contributed by atoms with Crippen LogP contribution in [-0.2, 0) is 14.8 Å². The minimum absolute atomic E-state index is 0.0788. The van der Waals surface area contributed by atoms with Gasteiger partial charge in [0.1, 0.15) is 4.90 Å². The molecule has 2 saturated heterocycles. The van der Waals surface area contributed by atoms with Gasteiger partial charge in [0.05, 0.1) is 11.6 Å². The summed E-state index contributed by atoms with van der Waals surface area (Å²) in [6.07, 6.45) is 2.10. The van der Waals surface area contributed by atoms with Crippen molar-refractivity contribution in [2.75, 3.05) is 45.8 Å². The molecule has 2 aliphatic heterocycles. The minimum Gasteiger partial charge on any atom is -0.339 e. The maximum Gasteiger partial charge on any atom is 0.244 e. The third-order valence-electron chi connectivity index (χ3n) is 5.56. The highest BCUT2D eigenvalue weighted by Gasteiger charge is 2.32. The van der Waals surface area contributed by atoms with E-state index >= 15 is 0 Å². The van der Waals surface area contributed by atoms with Crippen molar-refractivity contribution in [2.24, 2.45) is 0 Å². The van der Waals surface area contributed by atoms with Gasteiger partial charge in [-0.2, -0.15) is 4.31 Å². The molecule has 2 aliphatic rings. The molecule has 0 bridgehead atoms. The molecule has 0 radical (unpaired) electrons. The van der Waals surface area contributed by atoms with Crippen LogP contribution in [0.3, 0.4) is 0 Å². The molecule has 0 aromatic heterocycles. The minimum atomic E-state index is -3.64. The number of likely N-dealkylation sites (tertiary alicyclic amines) is 1. The van der Waals surface area contributed by atoms with Crippen LogP contribution in [0.1, 0.15) is 26.7 Å². The molecule has 0 spiro atoms. The third-order valence-corrected chi connectivity index (χ3v) is 7.96. The monoisotopic (exact) mass is 442 g/mol. The lowest BCUT2D eigenvalue weighted by molar-refractivity contribution is -0.133. The molecule has 29 heavy (non-hydrogen) atoms. The maximum atomic E-state index is 12.8. The highest BCUT2D eigenvalue weighted by Crippen LogP contribution is 2.25. The van der Waals surface area contributed by atoms with E-state index in [4.69, 9.17) is 11.6 Å². The quantitative estimate of drug-likeness (QED) is 0.725.